The third-order valence-corrected chi connectivity index (χ3v) is 5.08. The molecule has 0 aromatic carbocycles. The number of hydrogen-bond acceptors (Lipinski definition) is 3. The monoisotopic (exact) mass is 282 g/mol. The van der Waals surface area contributed by atoms with Gasteiger partial charge in [-0.1, -0.05) is 25.7 Å². The van der Waals surface area contributed by atoms with Crippen molar-refractivity contribution in [1.82, 2.24) is 10.6 Å². The van der Waals surface area contributed by atoms with E-state index in [1.807, 2.05) is 6.92 Å². The van der Waals surface area contributed by atoms with Crippen molar-refractivity contribution in [3.8, 4) is 0 Å². The first-order valence-corrected chi connectivity index (χ1v) is 8.35. The molecule has 4 nitrogen and oxygen atoms in total. The third-order valence-electron chi connectivity index (χ3n) is 5.08. The Morgan fingerprint density at radius 2 is 1.70 bits per heavy atom. The van der Waals surface area contributed by atoms with Gasteiger partial charge in [-0.05, 0) is 51.0 Å². The first-order valence-electron chi connectivity index (χ1n) is 8.35. The first-order chi connectivity index (χ1) is 9.70. The Kier molecular flexibility index (Phi) is 6.30. The van der Waals surface area contributed by atoms with E-state index in [2.05, 4.69) is 10.6 Å². The second-order valence-corrected chi connectivity index (χ2v) is 6.61. The van der Waals surface area contributed by atoms with Crippen LogP contribution in [0, 0.1) is 11.8 Å². The van der Waals surface area contributed by atoms with Crippen molar-refractivity contribution in [3.05, 3.63) is 0 Å². The van der Waals surface area contributed by atoms with Crippen molar-refractivity contribution in [3.63, 3.8) is 0 Å². The highest BCUT2D eigenvalue weighted by Gasteiger charge is 2.26. The van der Waals surface area contributed by atoms with Crippen molar-refractivity contribution in [1.29, 1.82) is 0 Å². The standard InChI is InChI=1S/C16H30N2O2/c1-12(16(20)18-15-8-4-5-9-15)17-10-13-6-2-3-7-14(13)11-19/h12-15,17,19H,2-11H2,1H3,(H,18,20). The predicted octanol–water partition coefficient (Wildman–Crippen LogP) is 1.82. The molecule has 2 rings (SSSR count). The molecular formula is C16H30N2O2. The summed E-state index contributed by atoms with van der Waals surface area (Å²) in [5.41, 5.74) is 0. The average Bonchev–Trinajstić information content (AvgIpc) is 2.97. The van der Waals surface area contributed by atoms with Gasteiger partial charge in [0.2, 0.25) is 5.91 Å². The number of aliphatic hydroxyl groups is 1. The van der Waals surface area contributed by atoms with E-state index in [1.165, 1.54) is 32.1 Å². The van der Waals surface area contributed by atoms with Crippen molar-refractivity contribution >= 4 is 5.91 Å². The molecule has 3 unspecified atom stereocenters. The van der Waals surface area contributed by atoms with Crippen molar-refractivity contribution in [2.24, 2.45) is 11.8 Å². The molecule has 2 aliphatic carbocycles. The second kappa shape index (κ2) is 7.99. The van der Waals surface area contributed by atoms with Gasteiger partial charge in [-0.2, -0.15) is 0 Å². The van der Waals surface area contributed by atoms with E-state index >= 15 is 0 Å². The Morgan fingerprint density at radius 1 is 1.10 bits per heavy atom. The maximum absolute atomic E-state index is 12.1. The molecule has 0 aliphatic heterocycles. The lowest BCUT2D eigenvalue weighted by Gasteiger charge is -2.31. The smallest absolute Gasteiger partial charge is 0.237 e. The van der Waals surface area contributed by atoms with Crippen LogP contribution in [0.2, 0.25) is 0 Å². The minimum atomic E-state index is -0.128. The fourth-order valence-electron chi connectivity index (χ4n) is 3.61. The maximum atomic E-state index is 12.1. The summed E-state index contributed by atoms with van der Waals surface area (Å²) in [5.74, 6) is 1.07. The van der Waals surface area contributed by atoms with Crippen LogP contribution in [0.3, 0.4) is 0 Å². The maximum Gasteiger partial charge on any atom is 0.237 e. The topological polar surface area (TPSA) is 61.4 Å². The van der Waals surface area contributed by atoms with E-state index in [0.717, 1.165) is 25.8 Å². The molecule has 0 aromatic heterocycles. The van der Waals surface area contributed by atoms with Crippen LogP contribution in [0.25, 0.3) is 0 Å². The second-order valence-electron chi connectivity index (χ2n) is 6.61. The molecule has 3 atom stereocenters. The van der Waals surface area contributed by atoms with E-state index in [4.69, 9.17) is 0 Å². The highest BCUT2D eigenvalue weighted by atomic mass is 16.3. The summed E-state index contributed by atoms with van der Waals surface area (Å²) in [6.07, 6.45) is 9.55. The van der Waals surface area contributed by atoms with Gasteiger partial charge >= 0.3 is 0 Å². The lowest BCUT2D eigenvalue weighted by Crippen LogP contribution is -2.47. The Labute approximate surface area is 122 Å². The van der Waals surface area contributed by atoms with Gasteiger partial charge in [0, 0.05) is 12.6 Å². The summed E-state index contributed by atoms with van der Waals surface area (Å²) in [4.78, 5) is 12.1. The Balaban J connectivity index is 1.70. The third kappa shape index (κ3) is 4.45. The molecule has 0 heterocycles. The average molecular weight is 282 g/mol. The summed E-state index contributed by atoms with van der Waals surface area (Å²) in [6.45, 7) is 3.08. The molecule has 0 aromatic rings. The van der Waals surface area contributed by atoms with Gasteiger partial charge in [-0.25, -0.2) is 0 Å². The van der Waals surface area contributed by atoms with Crippen LogP contribution in [-0.2, 0) is 4.79 Å². The lowest BCUT2D eigenvalue weighted by molar-refractivity contribution is -0.123. The lowest BCUT2D eigenvalue weighted by atomic mass is 9.79. The zero-order valence-corrected chi connectivity index (χ0v) is 12.7. The highest BCUT2D eigenvalue weighted by molar-refractivity contribution is 5.81. The van der Waals surface area contributed by atoms with Crippen molar-refractivity contribution in [2.75, 3.05) is 13.2 Å². The molecule has 2 fully saturated rings. The van der Waals surface area contributed by atoms with Gasteiger partial charge in [-0.15, -0.1) is 0 Å². The molecule has 2 aliphatic rings. The number of nitrogens with one attached hydrogen (secondary N) is 2. The van der Waals surface area contributed by atoms with E-state index < -0.39 is 0 Å². The van der Waals surface area contributed by atoms with Crippen LogP contribution in [0.5, 0.6) is 0 Å². The highest BCUT2D eigenvalue weighted by Crippen LogP contribution is 2.29. The summed E-state index contributed by atoms with van der Waals surface area (Å²) in [6, 6.07) is 0.267. The number of carbonyl (C=O) groups excluding carboxylic acids is 1. The largest absolute Gasteiger partial charge is 0.396 e. The molecule has 0 radical (unpaired) electrons. The molecule has 2 saturated carbocycles. The number of aliphatic hydroxyl groups excluding tert-OH is 1. The molecule has 0 bridgehead atoms. The van der Waals surface area contributed by atoms with Gasteiger partial charge in [0.1, 0.15) is 0 Å². The minimum absolute atomic E-state index is 0.128. The van der Waals surface area contributed by atoms with Crippen LogP contribution in [-0.4, -0.2) is 36.2 Å². The summed E-state index contributed by atoms with van der Waals surface area (Å²) in [5, 5.41) is 15.9. The number of amides is 1. The number of carbonyl (C=O) groups is 1. The fourth-order valence-corrected chi connectivity index (χ4v) is 3.61. The number of rotatable bonds is 6. The molecule has 4 heteroatoms. The summed E-state index contributed by atoms with van der Waals surface area (Å²) >= 11 is 0. The van der Waals surface area contributed by atoms with Crippen molar-refractivity contribution in [2.45, 2.75) is 70.4 Å². The molecule has 1 amide bonds. The Bertz CT molecular complexity index is 303. The molecule has 0 saturated heterocycles. The van der Waals surface area contributed by atoms with E-state index in [-0.39, 0.29) is 18.6 Å². The first kappa shape index (κ1) is 15.8. The van der Waals surface area contributed by atoms with Gasteiger partial charge in [0.15, 0.2) is 0 Å². The minimum Gasteiger partial charge on any atom is -0.396 e. The zero-order chi connectivity index (χ0) is 14.4. The number of hydrogen-bond donors (Lipinski definition) is 3. The molecular weight excluding hydrogens is 252 g/mol. The Morgan fingerprint density at radius 3 is 2.35 bits per heavy atom. The molecule has 3 N–H and O–H groups in total. The van der Waals surface area contributed by atoms with Crippen LogP contribution in [0.4, 0.5) is 0 Å². The normalized spacial score (nSPS) is 29.3. The van der Waals surface area contributed by atoms with Crippen LogP contribution >= 0.6 is 0 Å². The van der Waals surface area contributed by atoms with Gasteiger partial charge < -0.3 is 15.7 Å². The van der Waals surface area contributed by atoms with E-state index in [0.29, 0.717) is 17.9 Å². The molecule has 116 valence electrons. The zero-order valence-electron chi connectivity index (χ0n) is 12.7. The fraction of sp³-hybridized carbons (Fsp3) is 0.938. The molecule has 20 heavy (non-hydrogen) atoms. The van der Waals surface area contributed by atoms with Crippen LogP contribution < -0.4 is 10.6 Å². The van der Waals surface area contributed by atoms with Gasteiger partial charge in [0.05, 0.1) is 6.04 Å². The quantitative estimate of drug-likeness (QED) is 0.696. The van der Waals surface area contributed by atoms with E-state index in [1.54, 1.807) is 0 Å². The van der Waals surface area contributed by atoms with Crippen molar-refractivity contribution < 1.29 is 9.90 Å². The Hall–Kier alpha value is -0.610. The van der Waals surface area contributed by atoms with Gasteiger partial charge in [-0.3, -0.25) is 4.79 Å². The summed E-state index contributed by atoms with van der Waals surface area (Å²) < 4.78 is 0. The van der Waals surface area contributed by atoms with Crippen LogP contribution in [0.15, 0.2) is 0 Å². The van der Waals surface area contributed by atoms with Crippen LogP contribution in [0.1, 0.15) is 58.3 Å². The summed E-state index contributed by atoms with van der Waals surface area (Å²) in [7, 11) is 0. The SMILES string of the molecule is CC(NCC1CCCCC1CO)C(=O)NC1CCCC1. The predicted molar refractivity (Wildman–Crippen MR) is 80.4 cm³/mol. The van der Waals surface area contributed by atoms with E-state index in [9.17, 15) is 9.90 Å². The van der Waals surface area contributed by atoms with Gasteiger partial charge in [0.25, 0.3) is 0 Å². The molecule has 0 spiro atoms.